The molecule has 96 valence electrons. The van der Waals surface area contributed by atoms with Gasteiger partial charge in [-0.3, -0.25) is 0 Å². The summed E-state index contributed by atoms with van der Waals surface area (Å²) in [5.74, 6) is -0.961. The molecule has 2 N–H and O–H groups in total. The molecule has 0 saturated heterocycles. The molecule has 7 heteroatoms. The predicted molar refractivity (Wildman–Crippen MR) is 66.5 cm³/mol. The number of carboxylic acids is 1. The van der Waals surface area contributed by atoms with Gasteiger partial charge in [-0.05, 0) is 22.1 Å². The second kappa shape index (κ2) is 4.52. The van der Waals surface area contributed by atoms with E-state index in [1.807, 2.05) is 30.5 Å². The van der Waals surface area contributed by atoms with Crippen molar-refractivity contribution < 1.29 is 9.90 Å². The van der Waals surface area contributed by atoms with E-state index in [0.29, 0.717) is 6.42 Å². The van der Waals surface area contributed by atoms with Crippen LogP contribution in [0.25, 0.3) is 10.9 Å². The Morgan fingerprint density at radius 1 is 1.42 bits per heavy atom. The molecule has 0 fully saturated rings. The number of rotatable bonds is 4. The second-order valence-electron chi connectivity index (χ2n) is 4.21. The highest BCUT2D eigenvalue weighted by molar-refractivity contribution is 5.84. The summed E-state index contributed by atoms with van der Waals surface area (Å²) in [7, 11) is 0. The highest BCUT2D eigenvalue weighted by atomic mass is 16.4. The molecule has 1 unspecified atom stereocenters. The standard InChI is InChI=1S/C12H11N5O2/c18-12(19)11(17-7-14-15-16-17)5-8-6-13-10-4-2-1-3-9(8)10/h1-4,6-7,11,13H,5H2,(H,18,19). The van der Waals surface area contributed by atoms with E-state index in [9.17, 15) is 9.90 Å². The maximum absolute atomic E-state index is 11.3. The van der Waals surface area contributed by atoms with Crippen molar-refractivity contribution in [1.82, 2.24) is 25.2 Å². The maximum Gasteiger partial charge on any atom is 0.328 e. The van der Waals surface area contributed by atoms with Gasteiger partial charge in [-0.15, -0.1) is 5.10 Å². The van der Waals surface area contributed by atoms with Gasteiger partial charge in [0, 0.05) is 23.5 Å². The third-order valence-corrected chi connectivity index (χ3v) is 3.06. The summed E-state index contributed by atoms with van der Waals surface area (Å²) in [5, 5.41) is 20.9. The minimum atomic E-state index is -0.961. The molecule has 0 bridgehead atoms. The smallest absolute Gasteiger partial charge is 0.328 e. The molecule has 1 atom stereocenters. The van der Waals surface area contributed by atoms with Crippen LogP contribution in [0.5, 0.6) is 0 Å². The predicted octanol–water partition coefficient (Wildman–Crippen LogP) is 1.02. The number of aromatic amines is 1. The summed E-state index contributed by atoms with van der Waals surface area (Å²) in [4.78, 5) is 14.5. The van der Waals surface area contributed by atoms with Crippen LogP contribution in [0, 0.1) is 0 Å². The number of aromatic nitrogens is 5. The lowest BCUT2D eigenvalue weighted by Gasteiger charge is -2.10. The van der Waals surface area contributed by atoms with Crippen LogP contribution in [0.3, 0.4) is 0 Å². The SMILES string of the molecule is O=C(O)C(Cc1c[nH]c2ccccc12)n1cnnn1. The molecule has 2 aromatic heterocycles. The van der Waals surface area contributed by atoms with Crippen molar-refractivity contribution in [3.8, 4) is 0 Å². The number of tetrazole rings is 1. The number of carbonyl (C=O) groups is 1. The number of para-hydroxylation sites is 1. The van der Waals surface area contributed by atoms with Gasteiger partial charge in [0.15, 0.2) is 6.04 Å². The Bertz CT molecular complexity index is 704. The average molecular weight is 257 g/mol. The van der Waals surface area contributed by atoms with Crippen molar-refractivity contribution in [1.29, 1.82) is 0 Å². The molecule has 0 saturated carbocycles. The fourth-order valence-electron chi connectivity index (χ4n) is 2.11. The van der Waals surface area contributed by atoms with Crippen molar-refractivity contribution in [3.05, 3.63) is 42.4 Å². The fraction of sp³-hybridized carbons (Fsp3) is 0.167. The van der Waals surface area contributed by atoms with Crippen LogP contribution in [0.15, 0.2) is 36.8 Å². The topological polar surface area (TPSA) is 96.7 Å². The number of hydrogen-bond acceptors (Lipinski definition) is 4. The number of benzene rings is 1. The van der Waals surface area contributed by atoms with Crippen LogP contribution in [-0.4, -0.2) is 36.3 Å². The third kappa shape index (κ3) is 2.05. The highest BCUT2D eigenvalue weighted by Crippen LogP contribution is 2.22. The first kappa shape index (κ1) is 11.4. The van der Waals surface area contributed by atoms with E-state index < -0.39 is 12.0 Å². The molecular formula is C12H11N5O2. The molecule has 2 heterocycles. The molecule has 0 aliphatic heterocycles. The fourth-order valence-corrected chi connectivity index (χ4v) is 2.11. The van der Waals surface area contributed by atoms with Gasteiger partial charge < -0.3 is 10.1 Å². The van der Waals surface area contributed by atoms with E-state index >= 15 is 0 Å². The Hall–Kier alpha value is -2.70. The van der Waals surface area contributed by atoms with Gasteiger partial charge in [-0.2, -0.15) is 0 Å². The Labute approximate surface area is 107 Å². The molecule has 19 heavy (non-hydrogen) atoms. The molecule has 1 aromatic carbocycles. The first-order chi connectivity index (χ1) is 9.25. The Morgan fingerprint density at radius 2 is 2.26 bits per heavy atom. The van der Waals surface area contributed by atoms with Gasteiger partial charge in [-0.1, -0.05) is 18.2 Å². The van der Waals surface area contributed by atoms with E-state index in [-0.39, 0.29) is 0 Å². The highest BCUT2D eigenvalue weighted by Gasteiger charge is 2.22. The number of hydrogen-bond donors (Lipinski definition) is 2. The number of H-pyrrole nitrogens is 1. The van der Waals surface area contributed by atoms with Crippen molar-refractivity contribution in [2.45, 2.75) is 12.5 Å². The third-order valence-electron chi connectivity index (χ3n) is 3.06. The molecule has 7 nitrogen and oxygen atoms in total. The number of aliphatic carboxylic acids is 1. The van der Waals surface area contributed by atoms with E-state index in [0.717, 1.165) is 16.5 Å². The first-order valence-corrected chi connectivity index (χ1v) is 5.76. The molecule has 0 amide bonds. The van der Waals surface area contributed by atoms with Gasteiger partial charge in [0.2, 0.25) is 0 Å². The second-order valence-corrected chi connectivity index (χ2v) is 4.21. The normalized spacial score (nSPS) is 12.6. The van der Waals surface area contributed by atoms with Gasteiger partial charge in [0.25, 0.3) is 0 Å². The summed E-state index contributed by atoms with van der Waals surface area (Å²) >= 11 is 0. The zero-order chi connectivity index (χ0) is 13.2. The van der Waals surface area contributed by atoms with Gasteiger partial charge in [0.05, 0.1) is 0 Å². The van der Waals surface area contributed by atoms with Crippen molar-refractivity contribution in [2.75, 3.05) is 0 Å². The van der Waals surface area contributed by atoms with Crippen LogP contribution in [0.4, 0.5) is 0 Å². The minimum Gasteiger partial charge on any atom is -0.480 e. The van der Waals surface area contributed by atoms with Gasteiger partial charge >= 0.3 is 5.97 Å². The minimum absolute atomic E-state index is 0.324. The monoisotopic (exact) mass is 257 g/mol. The summed E-state index contributed by atoms with van der Waals surface area (Å²) in [5.41, 5.74) is 1.91. The van der Waals surface area contributed by atoms with Crippen molar-refractivity contribution in [3.63, 3.8) is 0 Å². The lowest BCUT2D eigenvalue weighted by atomic mass is 10.1. The number of fused-ring (bicyclic) bond motifs is 1. The number of nitrogens with one attached hydrogen (secondary N) is 1. The maximum atomic E-state index is 11.3. The number of carboxylic acid groups (broad SMARTS) is 1. The Morgan fingerprint density at radius 3 is 3.00 bits per heavy atom. The average Bonchev–Trinajstić information content (AvgIpc) is 3.05. The summed E-state index contributed by atoms with van der Waals surface area (Å²) in [6, 6.07) is 6.95. The van der Waals surface area contributed by atoms with Crippen LogP contribution < -0.4 is 0 Å². The quantitative estimate of drug-likeness (QED) is 0.727. The molecule has 0 spiro atoms. The van der Waals surface area contributed by atoms with Crippen LogP contribution in [0.2, 0.25) is 0 Å². The largest absolute Gasteiger partial charge is 0.480 e. The Balaban J connectivity index is 1.96. The summed E-state index contributed by atoms with van der Waals surface area (Å²) in [6.07, 6.45) is 3.46. The molecule has 3 aromatic rings. The zero-order valence-corrected chi connectivity index (χ0v) is 9.89. The lowest BCUT2D eigenvalue weighted by Crippen LogP contribution is -2.22. The van der Waals surface area contributed by atoms with E-state index in [1.165, 1.54) is 11.0 Å². The summed E-state index contributed by atoms with van der Waals surface area (Å²) in [6.45, 7) is 0. The van der Waals surface area contributed by atoms with Crippen molar-refractivity contribution >= 4 is 16.9 Å². The molecular weight excluding hydrogens is 246 g/mol. The lowest BCUT2D eigenvalue weighted by molar-refractivity contribution is -0.141. The summed E-state index contributed by atoms with van der Waals surface area (Å²) < 4.78 is 1.25. The van der Waals surface area contributed by atoms with Crippen molar-refractivity contribution in [2.24, 2.45) is 0 Å². The number of nitrogens with zero attached hydrogens (tertiary/aromatic N) is 4. The van der Waals surface area contributed by atoms with E-state index in [1.54, 1.807) is 0 Å². The first-order valence-electron chi connectivity index (χ1n) is 5.76. The van der Waals surface area contributed by atoms with E-state index in [2.05, 4.69) is 20.5 Å². The van der Waals surface area contributed by atoms with Crippen LogP contribution in [-0.2, 0) is 11.2 Å². The van der Waals surface area contributed by atoms with Crippen LogP contribution in [0.1, 0.15) is 11.6 Å². The van der Waals surface area contributed by atoms with Gasteiger partial charge in [0.1, 0.15) is 6.33 Å². The molecule has 3 rings (SSSR count). The molecule has 0 aliphatic rings. The van der Waals surface area contributed by atoms with Crippen LogP contribution >= 0.6 is 0 Å². The molecule has 0 aliphatic carbocycles. The van der Waals surface area contributed by atoms with Gasteiger partial charge in [-0.25, -0.2) is 9.48 Å². The zero-order valence-electron chi connectivity index (χ0n) is 9.89. The Kier molecular flexibility index (Phi) is 2.71. The molecule has 0 radical (unpaired) electrons. The van der Waals surface area contributed by atoms with E-state index in [4.69, 9.17) is 0 Å².